The van der Waals surface area contributed by atoms with Gasteiger partial charge < -0.3 is 19.1 Å². The zero-order chi connectivity index (χ0) is 28.0. The van der Waals surface area contributed by atoms with E-state index in [-0.39, 0.29) is 36.1 Å². The first-order valence-electron chi connectivity index (χ1n) is 12.3. The zero-order valence-electron chi connectivity index (χ0n) is 21.6. The van der Waals surface area contributed by atoms with E-state index in [9.17, 15) is 28.8 Å². The quantitative estimate of drug-likeness (QED) is 0.222. The summed E-state index contributed by atoms with van der Waals surface area (Å²) in [6.07, 6.45) is -1.60. The van der Waals surface area contributed by atoms with Crippen LogP contribution in [0.4, 0.5) is 0 Å². The van der Waals surface area contributed by atoms with Crippen LogP contribution in [0.2, 0.25) is 0 Å². The number of hydrogen-bond acceptors (Lipinski definition) is 10. The molecular weight excluding hydrogens is 519 g/mol. The molecule has 12 nitrogen and oxygen atoms in total. The molecule has 2 N–H and O–H groups in total. The van der Waals surface area contributed by atoms with Gasteiger partial charge in [-0.1, -0.05) is 32.0 Å². The highest BCUT2D eigenvalue weighted by Crippen LogP contribution is 2.45. The molecule has 3 rings (SSSR count). The molecule has 0 spiro atoms. The first kappa shape index (κ1) is 29.7. The number of nitrogens with zero attached hydrogens (tertiary/aromatic N) is 1. The number of ketones is 2. The standard InChI is InChI=1S/C25H33N2O10P/c1-15(2)24(31)17(4)35-25(32)16(3)26-38(33,37-19-8-6-5-7-9-19)34-14-21-20(29)13-23(36-21)27-11-10-18(28)12-22(27)30/h5-11,15-17,20-21,23,29H,12-14H2,1-4H3,(H,26,33)/t16-,17-,20-,21+,23+,38-/m0/s1. The maximum absolute atomic E-state index is 13.7. The van der Waals surface area contributed by atoms with Crippen LogP contribution in [0, 0.1) is 5.92 Å². The molecule has 1 fully saturated rings. The van der Waals surface area contributed by atoms with Gasteiger partial charge in [0.05, 0.1) is 19.1 Å². The van der Waals surface area contributed by atoms with E-state index in [4.69, 9.17) is 18.5 Å². The molecule has 13 heteroatoms. The number of rotatable bonds is 12. The van der Waals surface area contributed by atoms with E-state index in [0.717, 1.165) is 0 Å². The number of aliphatic hydroxyl groups excluding tert-OH is 1. The van der Waals surface area contributed by atoms with Crippen molar-refractivity contribution in [3.63, 3.8) is 0 Å². The molecule has 1 saturated heterocycles. The number of carbonyl (C=O) groups excluding carboxylic acids is 4. The highest BCUT2D eigenvalue weighted by atomic mass is 31.2. The number of esters is 1. The Morgan fingerprint density at radius 2 is 1.87 bits per heavy atom. The van der Waals surface area contributed by atoms with Gasteiger partial charge in [-0.05, 0) is 32.1 Å². The lowest BCUT2D eigenvalue weighted by molar-refractivity contribution is -0.156. The average molecular weight is 553 g/mol. The van der Waals surface area contributed by atoms with Gasteiger partial charge in [-0.15, -0.1) is 0 Å². The first-order valence-corrected chi connectivity index (χ1v) is 13.8. The summed E-state index contributed by atoms with van der Waals surface area (Å²) in [7, 11) is -4.25. The van der Waals surface area contributed by atoms with Crippen molar-refractivity contribution in [3.8, 4) is 5.75 Å². The number of nitrogens with one attached hydrogen (secondary N) is 1. The van der Waals surface area contributed by atoms with Gasteiger partial charge in [0.2, 0.25) is 5.91 Å². The van der Waals surface area contributed by atoms with Crippen molar-refractivity contribution in [3.05, 3.63) is 42.6 Å². The van der Waals surface area contributed by atoms with Crippen LogP contribution in [-0.2, 0) is 37.7 Å². The summed E-state index contributed by atoms with van der Waals surface area (Å²) in [4.78, 5) is 49.5. The number of benzene rings is 1. The van der Waals surface area contributed by atoms with Crippen molar-refractivity contribution in [2.75, 3.05) is 6.61 Å². The van der Waals surface area contributed by atoms with Crippen LogP contribution in [-0.4, -0.2) is 70.6 Å². The van der Waals surface area contributed by atoms with Crippen LogP contribution in [0.15, 0.2) is 42.6 Å². The van der Waals surface area contributed by atoms with E-state index < -0.39 is 56.8 Å². The molecule has 0 bridgehead atoms. The van der Waals surface area contributed by atoms with Crippen molar-refractivity contribution in [1.82, 2.24) is 9.99 Å². The molecule has 1 aromatic carbocycles. The third kappa shape index (κ3) is 7.81. The smallest absolute Gasteiger partial charge is 0.453 e. The Hall–Kier alpha value is -2.89. The van der Waals surface area contributed by atoms with Gasteiger partial charge >= 0.3 is 13.7 Å². The predicted molar refractivity (Wildman–Crippen MR) is 134 cm³/mol. The largest absolute Gasteiger partial charge is 0.459 e. The minimum Gasteiger partial charge on any atom is -0.453 e. The van der Waals surface area contributed by atoms with E-state index >= 15 is 0 Å². The number of para-hydroxylation sites is 1. The average Bonchev–Trinajstić information content (AvgIpc) is 3.22. The molecule has 1 aromatic rings. The molecule has 2 aliphatic rings. The van der Waals surface area contributed by atoms with Crippen molar-refractivity contribution in [2.45, 2.75) is 71.1 Å². The molecule has 208 valence electrons. The van der Waals surface area contributed by atoms with E-state index in [0.29, 0.717) is 0 Å². The Morgan fingerprint density at radius 1 is 1.18 bits per heavy atom. The van der Waals surface area contributed by atoms with Gasteiger partial charge in [-0.3, -0.25) is 28.6 Å². The Labute approximate surface area is 220 Å². The number of aliphatic hydroxyl groups is 1. The molecule has 6 atom stereocenters. The van der Waals surface area contributed by atoms with Crippen molar-refractivity contribution in [1.29, 1.82) is 0 Å². The number of carbonyl (C=O) groups is 4. The summed E-state index contributed by atoms with van der Waals surface area (Å²) in [6, 6.07) is 6.92. The third-order valence-corrected chi connectivity index (χ3v) is 7.54. The van der Waals surface area contributed by atoms with Gasteiger partial charge in [0, 0.05) is 18.5 Å². The van der Waals surface area contributed by atoms with E-state index in [1.807, 2.05) is 0 Å². The summed E-state index contributed by atoms with van der Waals surface area (Å²) in [5, 5.41) is 13.0. The van der Waals surface area contributed by atoms with Crippen LogP contribution >= 0.6 is 7.75 Å². The molecule has 0 saturated carbocycles. The number of allylic oxidation sites excluding steroid dienone is 1. The number of ether oxygens (including phenoxy) is 2. The fraction of sp³-hybridized carbons (Fsp3) is 0.520. The van der Waals surface area contributed by atoms with Crippen LogP contribution in [0.3, 0.4) is 0 Å². The molecule has 1 amide bonds. The molecular formula is C25H33N2O10P. The highest BCUT2D eigenvalue weighted by molar-refractivity contribution is 7.52. The van der Waals surface area contributed by atoms with Gasteiger partial charge in [0.15, 0.2) is 17.7 Å². The first-order chi connectivity index (χ1) is 17.9. The lowest BCUT2D eigenvalue weighted by atomic mass is 10.1. The Kier molecular flexibility index (Phi) is 9.97. The molecule has 0 aliphatic carbocycles. The topological polar surface area (TPSA) is 158 Å². The normalized spacial score (nSPS) is 24.7. The molecule has 38 heavy (non-hydrogen) atoms. The molecule has 2 heterocycles. The minimum absolute atomic E-state index is 0.0417. The van der Waals surface area contributed by atoms with Gasteiger partial charge in [-0.25, -0.2) is 4.57 Å². The van der Waals surface area contributed by atoms with Crippen molar-refractivity contribution in [2.24, 2.45) is 5.92 Å². The summed E-state index contributed by atoms with van der Waals surface area (Å²) in [5.41, 5.74) is 0. The highest BCUT2D eigenvalue weighted by Gasteiger charge is 2.42. The summed E-state index contributed by atoms with van der Waals surface area (Å²) in [5.74, 6) is -2.05. The monoisotopic (exact) mass is 552 g/mol. The number of amides is 1. The van der Waals surface area contributed by atoms with Crippen LogP contribution < -0.4 is 9.61 Å². The summed E-state index contributed by atoms with van der Waals surface area (Å²) >= 11 is 0. The predicted octanol–water partition coefficient (Wildman–Crippen LogP) is 2.12. The summed E-state index contributed by atoms with van der Waals surface area (Å²) < 4.78 is 35.8. The van der Waals surface area contributed by atoms with Gasteiger partial charge in [0.25, 0.3) is 0 Å². The lowest BCUT2D eigenvalue weighted by Crippen LogP contribution is -2.40. The van der Waals surface area contributed by atoms with Crippen molar-refractivity contribution < 1.29 is 47.4 Å². The zero-order valence-corrected chi connectivity index (χ0v) is 22.5. The third-order valence-electron chi connectivity index (χ3n) is 5.89. The second-order valence-electron chi connectivity index (χ2n) is 9.38. The molecule has 0 radical (unpaired) electrons. The van der Waals surface area contributed by atoms with Gasteiger partial charge in [0.1, 0.15) is 24.1 Å². The molecule has 0 unspecified atom stereocenters. The van der Waals surface area contributed by atoms with Crippen molar-refractivity contribution >= 4 is 31.2 Å². The fourth-order valence-electron chi connectivity index (χ4n) is 3.81. The fourth-order valence-corrected chi connectivity index (χ4v) is 5.32. The molecule has 0 aromatic heterocycles. The minimum atomic E-state index is -4.25. The Bertz CT molecular complexity index is 1110. The molecule has 2 aliphatic heterocycles. The Balaban J connectivity index is 1.68. The van der Waals surface area contributed by atoms with Crippen LogP contribution in [0.25, 0.3) is 0 Å². The second kappa shape index (κ2) is 12.8. The van der Waals surface area contributed by atoms with Crippen LogP contribution in [0.1, 0.15) is 40.5 Å². The second-order valence-corrected chi connectivity index (χ2v) is 11.1. The number of hydrogen-bond donors (Lipinski definition) is 2. The maximum Gasteiger partial charge on any atom is 0.459 e. The SMILES string of the molecule is CC(C)C(=O)[C@H](C)OC(=O)[C@H](C)N[P@](=O)(OC[C@H]1O[C@@H](N2C=CC(=O)CC2=O)C[C@@H]1O)Oc1ccccc1. The van der Waals surface area contributed by atoms with E-state index in [1.165, 1.54) is 43.2 Å². The maximum atomic E-state index is 13.7. The number of Topliss-reactive ketones (excluding diaryl/α,β-unsaturated/α-hetero) is 1. The van der Waals surface area contributed by atoms with Gasteiger partial charge in [-0.2, -0.15) is 5.09 Å². The van der Waals surface area contributed by atoms with E-state index in [2.05, 4.69) is 5.09 Å². The lowest BCUT2D eigenvalue weighted by Gasteiger charge is -2.27. The van der Waals surface area contributed by atoms with E-state index in [1.54, 1.807) is 32.0 Å². The Morgan fingerprint density at radius 3 is 2.50 bits per heavy atom. The van der Waals surface area contributed by atoms with Crippen LogP contribution in [0.5, 0.6) is 5.75 Å². The summed E-state index contributed by atoms with van der Waals surface area (Å²) in [6.45, 7) is 5.79.